The van der Waals surface area contributed by atoms with E-state index in [4.69, 9.17) is 0 Å². The van der Waals surface area contributed by atoms with Gasteiger partial charge in [-0.15, -0.1) is 0 Å². The molecule has 112 valence electrons. The van der Waals surface area contributed by atoms with Crippen LogP contribution in [0.1, 0.15) is 54.4 Å². The molecule has 5 nitrogen and oxygen atoms in total. The minimum absolute atomic E-state index is 0.128. The Kier molecular flexibility index (Phi) is 3.66. The molecule has 1 fully saturated rings. The van der Waals surface area contributed by atoms with Crippen molar-refractivity contribution in [3.05, 3.63) is 33.2 Å². The Hall–Kier alpha value is -1.91. The highest BCUT2D eigenvalue weighted by Gasteiger charge is 2.31. The summed E-state index contributed by atoms with van der Waals surface area (Å²) < 4.78 is 2.07. The number of aromatic nitrogens is 1. The van der Waals surface area contributed by atoms with Crippen molar-refractivity contribution < 1.29 is 9.59 Å². The van der Waals surface area contributed by atoms with Crippen LogP contribution in [0.5, 0.6) is 0 Å². The minimum atomic E-state index is -0.544. The molecule has 0 atom stereocenters. The summed E-state index contributed by atoms with van der Waals surface area (Å²) in [6.45, 7) is 2.93. The van der Waals surface area contributed by atoms with Crippen LogP contribution in [0.4, 0.5) is 0 Å². The van der Waals surface area contributed by atoms with Gasteiger partial charge in [-0.05, 0) is 31.6 Å². The fraction of sp³-hybridized carbons (Fsp3) is 0.562. The van der Waals surface area contributed by atoms with Crippen LogP contribution < -0.4 is 10.7 Å². The van der Waals surface area contributed by atoms with E-state index in [0.29, 0.717) is 11.6 Å². The normalized spacial score (nSPS) is 17.6. The fourth-order valence-electron chi connectivity index (χ4n) is 2.92. The van der Waals surface area contributed by atoms with Crippen LogP contribution in [0.3, 0.4) is 0 Å². The number of pyridine rings is 1. The van der Waals surface area contributed by atoms with Gasteiger partial charge in [0, 0.05) is 24.0 Å². The number of imide groups is 1. The number of unbranched alkanes of at least 4 members (excludes halogenated alkanes) is 1. The third-order valence-electron chi connectivity index (χ3n) is 4.24. The molecule has 0 aromatic carbocycles. The van der Waals surface area contributed by atoms with Gasteiger partial charge in [-0.1, -0.05) is 13.3 Å². The summed E-state index contributed by atoms with van der Waals surface area (Å²) in [6.07, 6.45) is 5.38. The lowest BCUT2D eigenvalue weighted by Gasteiger charge is -2.23. The van der Waals surface area contributed by atoms with Crippen molar-refractivity contribution in [2.75, 3.05) is 0 Å². The van der Waals surface area contributed by atoms with Crippen molar-refractivity contribution in [1.29, 1.82) is 0 Å². The molecule has 1 aromatic heterocycles. The molecule has 0 spiro atoms. The lowest BCUT2D eigenvalue weighted by Crippen LogP contribution is -2.43. The molecule has 0 saturated heterocycles. The van der Waals surface area contributed by atoms with E-state index in [-0.39, 0.29) is 23.3 Å². The van der Waals surface area contributed by atoms with Gasteiger partial charge in [-0.3, -0.25) is 19.7 Å². The lowest BCUT2D eigenvalue weighted by molar-refractivity contribution is -0.119. The van der Waals surface area contributed by atoms with E-state index in [1.54, 1.807) is 6.07 Å². The van der Waals surface area contributed by atoms with Crippen molar-refractivity contribution in [3.63, 3.8) is 0 Å². The Morgan fingerprint density at radius 3 is 2.71 bits per heavy atom. The van der Waals surface area contributed by atoms with Gasteiger partial charge in [-0.2, -0.15) is 0 Å². The fourth-order valence-corrected chi connectivity index (χ4v) is 2.92. The van der Waals surface area contributed by atoms with Crippen LogP contribution in [-0.4, -0.2) is 16.4 Å². The van der Waals surface area contributed by atoms with Crippen LogP contribution in [0, 0.1) is 5.92 Å². The van der Waals surface area contributed by atoms with E-state index in [1.807, 2.05) is 0 Å². The highest BCUT2D eigenvalue weighted by atomic mass is 16.2. The number of rotatable bonds is 5. The van der Waals surface area contributed by atoms with E-state index < -0.39 is 5.91 Å². The number of hydrogen-bond acceptors (Lipinski definition) is 3. The van der Waals surface area contributed by atoms with Crippen molar-refractivity contribution >= 4 is 11.8 Å². The van der Waals surface area contributed by atoms with Crippen molar-refractivity contribution in [2.24, 2.45) is 5.92 Å². The first kappa shape index (κ1) is 14.0. The maximum atomic E-state index is 12.2. The van der Waals surface area contributed by atoms with Gasteiger partial charge in [0.2, 0.25) is 5.91 Å². The van der Waals surface area contributed by atoms with Crippen LogP contribution in [0.25, 0.3) is 0 Å². The van der Waals surface area contributed by atoms with Crippen molar-refractivity contribution in [2.45, 2.75) is 52.0 Å². The molecule has 21 heavy (non-hydrogen) atoms. The smallest absolute Gasteiger partial charge is 0.263 e. The summed E-state index contributed by atoms with van der Waals surface area (Å²) in [4.78, 5) is 35.9. The first-order chi connectivity index (χ1) is 10.1. The molecule has 1 aliphatic carbocycles. The Bertz CT molecular complexity index is 656. The van der Waals surface area contributed by atoms with E-state index in [9.17, 15) is 14.4 Å². The predicted molar refractivity (Wildman–Crippen MR) is 78.2 cm³/mol. The van der Waals surface area contributed by atoms with E-state index in [0.717, 1.165) is 31.5 Å². The quantitative estimate of drug-likeness (QED) is 0.833. The largest absolute Gasteiger partial charge is 0.347 e. The van der Waals surface area contributed by atoms with Crippen LogP contribution in [0.15, 0.2) is 10.9 Å². The van der Waals surface area contributed by atoms with Crippen LogP contribution in [-0.2, 0) is 24.2 Å². The number of amides is 2. The topological polar surface area (TPSA) is 68.2 Å². The average molecular weight is 288 g/mol. The summed E-state index contributed by atoms with van der Waals surface area (Å²) in [5, 5.41) is 2.24. The summed E-state index contributed by atoms with van der Waals surface area (Å²) >= 11 is 0. The summed E-state index contributed by atoms with van der Waals surface area (Å²) in [6, 6.07) is 1.59. The summed E-state index contributed by atoms with van der Waals surface area (Å²) in [5.41, 5.74) is 1.49. The van der Waals surface area contributed by atoms with Crippen molar-refractivity contribution in [3.8, 4) is 0 Å². The predicted octanol–water partition coefficient (Wildman–Crippen LogP) is 1.41. The maximum absolute atomic E-state index is 12.2. The third kappa shape index (κ3) is 2.77. The standard InChI is InChI=1S/C16H20N2O3/c1-2-3-4-11-7-13(19)15-12(8-14(20)17-16(15)21)18(11)9-10-5-6-10/h7,10H,2-6,8-9H2,1H3,(H,17,20,21). The second-order valence-corrected chi connectivity index (χ2v) is 6.03. The molecular weight excluding hydrogens is 268 g/mol. The summed E-state index contributed by atoms with van der Waals surface area (Å²) in [7, 11) is 0. The molecule has 1 N–H and O–H groups in total. The molecule has 2 aliphatic rings. The third-order valence-corrected chi connectivity index (χ3v) is 4.24. The van der Waals surface area contributed by atoms with Gasteiger partial charge in [0.25, 0.3) is 5.91 Å². The SMILES string of the molecule is CCCCc1cc(=O)c2c(n1CC1CC1)CC(=O)NC2=O. The van der Waals surface area contributed by atoms with Gasteiger partial charge in [0.1, 0.15) is 5.56 Å². The van der Waals surface area contributed by atoms with Gasteiger partial charge in [-0.25, -0.2) is 0 Å². The van der Waals surface area contributed by atoms with Crippen molar-refractivity contribution in [1.82, 2.24) is 9.88 Å². The Morgan fingerprint density at radius 1 is 1.29 bits per heavy atom. The number of carbonyl (C=O) groups excluding carboxylic acids is 2. The number of nitrogens with zero attached hydrogens (tertiary/aromatic N) is 1. The van der Waals surface area contributed by atoms with E-state index in [1.165, 1.54) is 12.8 Å². The zero-order valence-electron chi connectivity index (χ0n) is 12.3. The zero-order valence-corrected chi connectivity index (χ0v) is 12.3. The number of fused-ring (bicyclic) bond motifs is 1. The molecule has 1 aromatic rings. The second kappa shape index (κ2) is 5.47. The first-order valence-corrected chi connectivity index (χ1v) is 7.70. The molecule has 0 unspecified atom stereocenters. The molecule has 1 saturated carbocycles. The Balaban J connectivity index is 2.11. The Labute approximate surface area is 123 Å². The minimum Gasteiger partial charge on any atom is -0.347 e. The average Bonchev–Trinajstić information content (AvgIpc) is 3.23. The molecule has 0 bridgehead atoms. The number of hydrogen-bond donors (Lipinski definition) is 1. The van der Waals surface area contributed by atoms with Crippen LogP contribution in [0.2, 0.25) is 0 Å². The van der Waals surface area contributed by atoms with E-state index >= 15 is 0 Å². The van der Waals surface area contributed by atoms with Gasteiger partial charge in [0.05, 0.1) is 6.42 Å². The number of carbonyl (C=O) groups is 2. The monoisotopic (exact) mass is 288 g/mol. The molecule has 2 amide bonds. The van der Waals surface area contributed by atoms with Crippen LogP contribution >= 0.6 is 0 Å². The van der Waals surface area contributed by atoms with Gasteiger partial charge >= 0.3 is 0 Å². The first-order valence-electron chi connectivity index (χ1n) is 7.70. The molecule has 1 aliphatic heterocycles. The molecule has 5 heteroatoms. The highest BCUT2D eigenvalue weighted by molar-refractivity contribution is 6.09. The zero-order chi connectivity index (χ0) is 15.0. The van der Waals surface area contributed by atoms with Gasteiger partial charge < -0.3 is 4.57 Å². The van der Waals surface area contributed by atoms with E-state index in [2.05, 4.69) is 16.8 Å². The molecule has 0 radical (unpaired) electrons. The lowest BCUT2D eigenvalue weighted by atomic mass is 10.0. The molecular formula is C16H20N2O3. The second-order valence-electron chi connectivity index (χ2n) is 6.03. The summed E-state index contributed by atoms with van der Waals surface area (Å²) in [5.74, 6) is -0.237. The molecule has 3 rings (SSSR count). The highest BCUT2D eigenvalue weighted by Crippen LogP contribution is 2.32. The Morgan fingerprint density at radius 2 is 2.05 bits per heavy atom. The number of aryl methyl sites for hydroxylation is 1. The maximum Gasteiger partial charge on any atom is 0.263 e. The number of nitrogens with one attached hydrogen (secondary N) is 1. The van der Waals surface area contributed by atoms with Gasteiger partial charge in [0.15, 0.2) is 5.43 Å². The molecule has 2 heterocycles.